The van der Waals surface area contributed by atoms with Gasteiger partial charge in [-0.2, -0.15) is 0 Å². The molecule has 0 atom stereocenters. The molecule has 0 fully saturated rings. The van der Waals surface area contributed by atoms with E-state index in [1.54, 1.807) is 12.1 Å². The van der Waals surface area contributed by atoms with Crippen molar-refractivity contribution in [3.8, 4) is 5.75 Å². The summed E-state index contributed by atoms with van der Waals surface area (Å²) in [4.78, 5) is 12.2. The van der Waals surface area contributed by atoms with Crippen LogP contribution in [0.15, 0.2) is 54.1 Å². The second kappa shape index (κ2) is 7.09. The minimum absolute atomic E-state index is 0.0985. The van der Waals surface area contributed by atoms with E-state index < -0.39 is 0 Å². The average molecular weight is 311 g/mol. The Morgan fingerprint density at radius 2 is 1.91 bits per heavy atom. The van der Waals surface area contributed by atoms with Gasteiger partial charge in [0, 0.05) is 12.1 Å². The van der Waals surface area contributed by atoms with Crippen molar-refractivity contribution in [3.05, 3.63) is 71.0 Å². The normalized spacial score (nSPS) is 12.8. The maximum absolute atomic E-state index is 12.8. The molecule has 118 valence electrons. The first-order valence-corrected chi connectivity index (χ1v) is 7.67. The van der Waals surface area contributed by atoms with Gasteiger partial charge in [-0.3, -0.25) is 4.79 Å². The first kappa shape index (κ1) is 15.3. The molecule has 1 aliphatic heterocycles. The predicted molar refractivity (Wildman–Crippen MR) is 87.6 cm³/mol. The van der Waals surface area contributed by atoms with E-state index in [-0.39, 0.29) is 11.7 Å². The van der Waals surface area contributed by atoms with Gasteiger partial charge in [0.25, 0.3) is 5.91 Å². The van der Waals surface area contributed by atoms with Crippen LogP contribution >= 0.6 is 0 Å². The van der Waals surface area contributed by atoms with Crippen molar-refractivity contribution < 1.29 is 13.9 Å². The van der Waals surface area contributed by atoms with E-state index >= 15 is 0 Å². The Kier molecular flexibility index (Phi) is 4.71. The number of hydrogen-bond acceptors (Lipinski definition) is 2. The highest BCUT2D eigenvalue weighted by Crippen LogP contribution is 2.25. The molecule has 0 unspecified atom stereocenters. The van der Waals surface area contributed by atoms with E-state index in [2.05, 4.69) is 5.32 Å². The Labute approximate surface area is 134 Å². The fourth-order valence-corrected chi connectivity index (χ4v) is 2.51. The molecule has 0 saturated heterocycles. The average Bonchev–Trinajstić information content (AvgIpc) is 2.59. The molecule has 23 heavy (non-hydrogen) atoms. The molecule has 3 nitrogen and oxygen atoms in total. The third-order valence-corrected chi connectivity index (χ3v) is 3.76. The Morgan fingerprint density at radius 3 is 2.74 bits per heavy atom. The van der Waals surface area contributed by atoms with Gasteiger partial charge in [-0.15, -0.1) is 0 Å². The highest BCUT2D eigenvalue weighted by molar-refractivity contribution is 5.99. The number of halogens is 1. The minimum Gasteiger partial charge on any atom is -0.488 e. The number of para-hydroxylation sites is 1. The summed E-state index contributed by atoms with van der Waals surface area (Å²) < 4.78 is 18.4. The summed E-state index contributed by atoms with van der Waals surface area (Å²) in [5.41, 5.74) is 2.62. The molecule has 2 aromatic carbocycles. The number of carbonyl (C=O) groups is 1. The second-order valence-electron chi connectivity index (χ2n) is 5.48. The van der Waals surface area contributed by atoms with Crippen molar-refractivity contribution in [2.75, 3.05) is 13.2 Å². The molecule has 0 spiro atoms. The molecule has 3 rings (SSSR count). The Hall–Kier alpha value is -2.62. The van der Waals surface area contributed by atoms with Crippen LogP contribution in [-0.2, 0) is 11.2 Å². The molecular formula is C19H18FNO2. The summed E-state index contributed by atoms with van der Waals surface area (Å²) in [5.74, 6) is 0.477. The van der Waals surface area contributed by atoms with Gasteiger partial charge in [0.15, 0.2) is 0 Å². The van der Waals surface area contributed by atoms with Crippen LogP contribution in [0, 0.1) is 5.82 Å². The smallest absolute Gasteiger partial charge is 0.250 e. The lowest BCUT2D eigenvalue weighted by molar-refractivity contribution is -0.117. The van der Waals surface area contributed by atoms with Crippen LogP contribution in [0.25, 0.3) is 6.08 Å². The molecule has 0 bridgehead atoms. The van der Waals surface area contributed by atoms with Gasteiger partial charge >= 0.3 is 0 Å². The fourth-order valence-electron chi connectivity index (χ4n) is 2.51. The van der Waals surface area contributed by atoms with Gasteiger partial charge in [-0.25, -0.2) is 4.39 Å². The SMILES string of the molecule is O=C(NCCCc1ccc(F)cc1)C1=Cc2ccccc2OC1. The topological polar surface area (TPSA) is 38.3 Å². The first-order chi connectivity index (χ1) is 11.2. The molecule has 1 amide bonds. The van der Waals surface area contributed by atoms with Crippen LogP contribution in [0.3, 0.4) is 0 Å². The summed E-state index contributed by atoms with van der Waals surface area (Å²) >= 11 is 0. The van der Waals surface area contributed by atoms with Crippen molar-refractivity contribution in [1.29, 1.82) is 0 Å². The van der Waals surface area contributed by atoms with Gasteiger partial charge in [-0.1, -0.05) is 30.3 Å². The number of rotatable bonds is 5. The number of ether oxygens (including phenoxy) is 1. The lowest BCUT2D eigenvalue weighted by Crippen LogP contribution is -2.29. The minimum atomic E-state index is -0.230. The number of aryl methyl sites for hydroxylation is 1. The first-order valence-electron chi connectivity index (χ1n) is 7.67. The van der Waals surface area contributed by atoms with Crippen molar-refractivity contribution in [1.82, 2.24) is 5.32 Å². The monoisotopic (exact) mass is 311 g/mol. The number of benzene rings is 2. The molecule has 0 aromatic heterocycles. The molecule has 2 aromatic rings. The van der Waals surface area contributed by atoms with Gasteiger partial charge in [-0.05, 0) is 42.7 Å². The van der Waals surface area contributed by atoms with E-state index in [4.69, 9.17) is 4.74 Å². The number of hydrogen-bond donors (Lipinski definition) is 1. The largest absolute Gasteiger partial charge is 0.488 e. The molecule has 0 saturated carbocycles. The van der Waals surface area contributed by atoms with Crippen molar-refractivity contribution in [3.63, 3.8) is 0 Å². The van der Waals surface area contributed by atoms with Crippen LogP contribution < -0.4 is 10.1 Å². The molecule has 1 heterocycles. The zero-order valence-corrected chi connectivity index (χ0v) is 12.7. The van der Waals surface area contributed by atoms with Gasteiger partial charge < -0.3 is 10.1 Å². The Bertz CT molecular complexity index is 722. The Balaban J connectivity index is 1.48. The standard InChI is InChI=1S/C19H18FNO2/c20-17-9-7-14(8-10-17)4-3-11-21-19(22)16-12-15-5-1-2-6-18(15)23-13-16/h1-2,5-10,12H,3-4,11,13H2,(H,21,22). The summed E-state index contributed by atoms with van der Waals surface area (Å²) in [6.07, 6.45) is 3.48. The van der Waals surface area contributed by atoms with Crippen molar-refractivity contribution in [2.45, 2.75) is 12.8 Å². The number of fused-ring (bicyclic) bond motifs is 1. The third kappa shape index (κ3) is 3.97. The highest BCUT2D eigenvalue weighted by atomic mass is 19.1. The molecular weight excluding hydrogens is 293 g/mol. The van der Waals surface area contributed by atoms with Crippen molar-refractivity contribution >= 4 is 12.0 Å². The fraction of sp³-hybridized carbons (Fsp3) is 0.211. The van der Waals surface area contributed by atoms with E-state index in [1.807, 2.05) is 30.3 Å². The molecule has 4 heteroatoms. The van der Waals surface area contributed by atoms with Crippen LogP contribution in [0.2, 0.25) is 0 Å². The summed E-state index contributed by atoms with van der Waals surface area (Å²) in [5, 5.41) is 2.90. The van der Waals surface area contributed by atoms with Crippen molar-refractivity contribution in [2.24, 2.45) is 0 Å². The van der Waals surface area contributed by atoms with Crippen LogP contribution in [0.1, 0.15) is 17.5 Å². The summed E-state index contributed by atoms with van der Waals surface area (Å²) in [7, 11) is 0. The Morgan fingerprint density at radius 1 is 1.13 bits per heavy atom. The quantitative estimate of drug-likeness (QED) is 0.860. The zero-order valence-electron chi connectivity index (χ0n) is 12.7. The van der Waals surface area contributed by atoms with E-state index in [1.165, 1.54) is 12.1 Å². The summed E-state index contributed by atoms with van der Waals surface area (Å²) in [6, 6.07) is 14.1. The predicted octanol–water partition coefficient (Wildman–Crippen LogP) is 3.35. The highest BCUT2D eigenvalue weighted by Gasteiger charge is 2.16. The van der Waals surface area contributed by atoms with E-state index in [9.17, 15) is 9.18 Å². The number of amides is 1. The molecule has 0 radical (unpaired) electrons. The molecule has 1 aliphatic rings. The number of nitrogens with one attached hydrogen (secondary N) is 1. The van der Waals surface area contributed by atoms with E-state index in [0.717, 1.165) is 29.7 Å². The van der Waals surface area contributed by atoms with Crippen LogP contribution in [-0.4, -0.2) is 19.1 Å². The summed E-state index contributed by atoms with van der Waals surface area (Å²) in [6.45, 7) is 0.871. The van der Waals surface area contributed by atoms with Crippen LogP contribution in [0.5, 0.6) is 5.75 Å². The molecule has 1 N–H and O–H groups in total. The lowest BCUT2D eigenvalue weighted by Gasteiger charge is -2.17. The third-order valence-electron chi connectivity index (χ3n) is 3.76. The zero-order chi connectivity index (χ0) is 16.1. The number of carbonyl (C=O) groups excluding carboxylic acids is 1. The molecule has 0 aliphatic carbocycles. The van der Waals surface area contributed by atoms with E-state index in [0.29, 0.717) is 18.7 Å². The second-order valence-corrected chi connectivity index (χ2v) is 5.48. The van der Waals surface area contributed by atoms with Gasteiger partial charge in [0.05, 0.1) is 5.57 Å². The maximum Gasteiger partial charge on any atom is 0.250 e. The van der Waals surface area contributed by atoms with Gasteiger partial charge in [0.2, 0.25) is 0 Å². The van der Waals surface area contributed by atoms with Gasteiger partial charge in [0.1, 0.15) is 18.2 Å². The lowest BCUT2D eigenvalue weighted by atomic mass is 10.1. The van der Waals surface area contributed by atoms with Crippen LogP contribution in [0.4, 0.5) is 4.39 Å². The maximum atomic E-state index is 12.8.